The first kappa shape index (κ1) is 30.6. The first-order valence-electron chi connectivity index (χ1n) is 15.6. The van der Waals surface area contributed by atoms with Gasteiger partial charge in [0.15, 0.2) is 0 Å². The van der Waals surface area contributed by atoms with Gasteiger partial charge in [-0.1, -0.05) is 136 Å². The minimum atomic E-state index is -1.13. The van der Waals surface area contributed by atoms with Crippen LogP contribution in [-0.4, -0.2) is 23.7 Å². The zero-order chi connectivity index (χ0) is 31.8. The van der Waals surface area contributed by atoms with Gasteiger partial charge in [0.25, 0.3) is 9.04 Å². The number of nitrogens with zero attached hydrogens (tertiary/aromatic N) is 2. The Morgan fingerprint density at radius 2 is 1.22 bits per heavy atom. The van der Waals surface area contributed by atoms with Crippen LogP contribution in [0.25, 0.3) is 10.8 Å². The van der Waals surface area contributed by atoms with Crippen LogP contribution in [0.2, 0.25) is 13.1 Å². The third-order valence-corrected chi connectivity index (χ3v) is 9.32. The summed E-state index contributed by atoms with van der Waals surface area (Å²) in [6.45, 7) is 13.2. The van der Waals surface area contributed by atoms with Crippen molar-refractivity contribution in [1.29, 1.82) is 0 Å². The lowest BCUT2D eigenvalue weighted by Gasteiger charge is -2.37. The van der Waals surface area contributed by atoms with Gasteiger partial charge in [-0.3, -0.25) is 0 Å². The molecule has 0 aliphatic heterocycles. The molecule has 0 bridgehead atoms. The summed E-state index contributed by atoms with van der Waals surface area (Å²) in [5.41, 5.74) is 6.47. The minimum absolute atomic E-state index is 0.0253. The average molecular weight is 610 g/mol. The van der Waals surface area contributed by atoms with Crippen LogP contribution in [0.15, 0.2) is 128 Å². The molecular weight excluding hydrogens is 569 g/mol. The molecule has 1 heterocycles. The predicted octanol–water partition coefficient (Wildman–Crippen LogP) is 9.19. The summed E-state index contributed by atoms with van der Waals surface area (Å²) in [7, 11) is -1.13. The Balaban J connectivity index is 1.54. The molecule has 0 aliphatic carbocycles. The number of imidazole rings is 1. The first-order valence-corrected chi connectivity index (χ1v) is 18.0. The fourth-order valence-corrected chi connectivity index (χ4v) is 7.33. The fourth-order valence-electron chi connectivity index (χ4n) is 6.70. The van der Waals surface area contributed by atoms with Gasteiger partial charge >= 0.3 is 0 Å². The normalized spacial score (nSPS) is 12.9. The molecule has 5 aromatic carbocycles. The van der Waals surface area contributed by atoms with E-state index >= 15 is 0 Å². The quantitative estimate of drug-likeness (QED) is 0.138. The molecule has 227 valence electrons. The van der Waals surface area contributed by atoms with Crippen LogP contribution in [-0.2, 0) is 11.0 Å². The summed E-state index contributed by atoms with van der Waals surface area (Å²) in [6, 6.07) is 40.0. The lowest BCUT2D eigenvalue weighted by atomic mass is 9.77. The number of fused-ring (bicyclic) bond motifs is 1. The van der Waals surface area contributed by atoms with Crippen LogP contribution >= 0.6 is 0 Å². The van der Waals surface area contributed by atoms with E-state index in [0.29, 0.717) is 5.69 Å². The number of aliphatic hydroxyl groups is 1. The van der Waals surface area contributed by atoms with Crippen LogP contribution in [0, 0.1) is 6.92 Å². The minimum Gasteiger partial charge on any atom is -0.542 e. The van der Waals surface area contributed by atoms with Crippen molar-refractivity contribution < 1.29 is 9.53 Å². The molecule has 0 amide bonds. The van der Waals surface area contributed by atoms with Crippen molar-refractivity contribution >= 4 is 19.8 Å². The molecular formula is C40H41N2O2Si. The Morgan fingerprint density at radius 1 is 0.711 bits per heavy atom. The Hall–Kier alpha value is -4.45. The molecule has 6 aromatic rings. The maximum Gasteiger partial charge on any atom is 0.274 e. The van der Waals surface area contributed by atoms with Crippen LogP contribution < -0.4 is 4.43 Å². The topological polar surface area (TPSA) is 47.3 Å². The largest absolute Gasteiger partial charge is 0.542 e. The van der Waals surface area contributed by atoms with E-state index in [1.54, 1.807) is 0 Å². The number of hydrogen-bond acceptors (Lipinski definition) is 3. The number of hydrogen-bond donors (Lipinski definition) is 1. The number of benzene rings is 5. The Labute approximate surface area is 268 Å². The van der Waals surface area contributed by atoms with Crippen molar-refractivity contribution in [2.24, 2.45) is 0 Å². The number of aromatic nitrogens is 2. The number of aryl methyl sites for hydroxylation is 1. The molecule has 0 fully saturated rings. The zero-order valence-electron chi connectivity index (χ0n) is 27.0. The Bertz CT molecular complexity index is 1810. The molecule has 1 aromatic heterocycles. The van der Waals surface area contributed by atoms with Crippen molar-refractivity contribution in [3.63, 3.8) is 0 Å². The third-order valence-electron chi connectivity index (χ3n) is 8.70. The van der Waals surface area contributed by atoms with Crippen molar-refractivity contribution in [2.75, 3.05) is 0 Å². The SMILES string of the molecule is Cc1c(C(C)(C)C)ccc2c(O[Si](C)C)c(C(O)c3cn(C(c4ccccc4)(c4ccccc4)c4ccccc4)cn3)ccc12. The van der Waals surface area contributed by atoms with Gasteiger partial charge in [0.05, 0.1) is 12.0 Å². The second kappa shape index (κ2) is 12.1. The lowest BCUT2D eigenvalue weighted by Crippen LogP contribution is -2.37. The summed E-state index contributed by atoms with van der Waals surface area (Å²) in [5.74, 6) is 0.748. The molecule has 1 N–H and O–H groups in total. The van der Waals surface area contributed by atoms with Crippen LogP contribution in [0.5, 0.6) is 5.75 Å². The van der Waals surface area contributed by atoms with E-state index < -0.39 is 20.7 Å². The van der Waals surface area contributed by atoms with E-state index in [4.69, 9.17) is 9.41 Å². The smallest absolute Gasteiger partial charge is 0.274 e. The van der Waals surface area contributed by atoms with E-state index in [-0.39, 0.29) is 5.41 Å². The van der Waals surface area contributed by atoms with Gasteiger partial charge in [0.1, 0.15) is 17.4 Å². The Kier molecular flexibility index (Phi) is 8.25. The maximum absolute atomic E-state index is 12.0. The van der Waals surface area contributed by atoms with Gasteiger partial charge in [0.2, 0.25) is 0 Å². The van der Waals surface area contributed by atoms with Crippen molar-refractivity contribution in [2.45, 2.75) is 57.8 Å². The fraction of sp³-hybridized carbons (Fsp3) is 0.225. The standard InChI is InChI=1S/C40H41N2O2Si/c1-28-32-22-23-34(38(44-45(5)6)33(32)24-25-35(28)39(2,3)4)37(43)36-26-42(27-41-36)40(29-16-10-7-11-17-29,30-18-12-8-13-19-30)31-20-14-9-15-21-31/h7-27,37,43H,1-6H3. The summed E-state index contributed by atoms with van der Waals surface area (Å²) in [4.78, 5) is 4.86. The summed E-state index contributed by atoms with van der Waals surface area (Å²) < 4.78 is 8.71. The first-order chi connectivity index (χ1) is 21.6. The van der Waals surface area contributed by atoms with E-state index in [1.165, 1.54) is 11.1 Å². The van der Waals surface area contributed by atoms with Crippen LogP contribution in [0.3, 0.4) is 0 Å². The van der Waals surface area contributed by atoms with Gasteiger partial charge in [-0.2, -0.15) is 0 Å². The highest BCUT2D eigenvalue weighted by molar-refractivity contribution is 6.49. The summed E-state index contributed by atoms with van der Waals surface area (Å²) >= 11 is 0. The van der Waals surface area contributed by atoms with Gasteiger partial charge in [-0.15, -0.1) is 0 Å². The molecule has 0 saturated heterocycles. The third kappa shape index (κ3) is 5.51. The zero-order valence-corrected chi connectivity index (χ0v) is 28.0. The van der Waals surface area contributed by atoms with E-state index in [1.807, 2.05) is 36.8 Å². The second-order valence-electron chi connectivity index (χ2n) is 13.0. The summed E-state index contributed by atoms with van der Waals surface area (Å²) in [5, 5.41) is 14.2. The van der Waals surface area contributed by atoms with E-state index in [9.17, 15) is 5.11 Å². The molecule has 1 atom stereocenters. The monoisotopic (exact) mass is 609 g/mol. The summed E-state index contributed by atoms with van der Waals surface area (Å²) in [6.07, 6.45) is 2.86. The number of aliphatic hydroxyl groups excluding tert-OH is 1. The van der Waals surface area contributed by atoms with E-state index in [0.717, 1.165) is 38.8 Å². The molecule has 4 nitrogen and oxygen atoms in total. The van der Waals surface area contributed by atoms with Crippen LogP contribution in [0.4, 0.5) is 0 Å². The average Bonchev–Trinajstić information content (AvgIpc) is 3.53. The molecule has 5 heteroatoms. The van der Waals surface area contributed by atoms with Gasteiger partial charge in [0, 0.05) is 17.1 Å². The molecule has 6 rings (SSSR count). The number of rotatable bonds is 8. The molecule has 45 heavy (non-hydrogen) atoms. The van der Waals surface area contributed by atoms with Crippen LogP contribution in [0.1, 0.15) is 65.9 Å². The van der Waals surface area contributed by atoms with E-state index in [2.05, 4.69) is 136 Å². The molecule has 0 aliphatic rings. The molecule has 1 unspecified atom stereocenters. The Morgan fingerprint density at radius 3 is 1.71 bits per heavy atom. The van der Waals surface area contributed by atoms with Crippen molar-refractivity contribution in [3.05, 3.63) is 167 Å². The van der Waals surface area contributed by atoms with Crippen molar-refractivity contribution in [3.8, 4) is 5.75 Å². The predicted molar refractivity (Wildman–Crippen MR) is 186 cm³/mol. The highest BCUT2D eigenvalue weighted by atomic mass is 28.3. The molecule has 0 saturated carbocycles. The van der Waals surface area contributed by atoms with Gasteiger partial charge < -0.3 is 14.1 Å². The highest BCUT2D eigenvalue weighted by Gasteiger charge is 2.39. The molecule has 1 radical (unpaired) electrons. The van der Waals surface area contributed by atoms with Gasteiger partial charge in [-0.05, 0) is 58.6 Å². The highest BCUT2D eigenvalue weighted by Crippen LogP contribution is 2.43. The lowest BCUT2D eigenvalue weighted by molar-refractivity contribution is 0.213. The van der Waals surface area contributed by atoms with Gasteiger partial charge in [-0.25, -0.2) is 4.98 Å². The molecule has 0 spiro atoms. The second-order valence-corrected chi connectivity index (χ2v) is 15.0. The maximum atomic E-state index is 12.0. The van der Waals surface area contributed by atoms with Crippen molar-refractivity contribution in [1.82, 2.24) is 9.55 Å².